The van der Waals surface area contributed by atoms with Gasteiger partial charge in [0.2, 0.25) is 5.95 Å². The Morgan fingerprint density at radius 1 is 1.15 bits per heavy atom. The quantitative estimate of drug-likeness (QED) is 0.472. The summed E-state index contributed by atoms with van der Waals surface area (Å²) in [5.74, 6) is 3.50. The lowest BCUT2D eigenvalue weighted by molar-refractivity contribution is 0.389. The zero-order chi connectivity index (χ0) is 24.1. The van der Waals surface area contributed by atoms with Gasteiger partial charge in [0.05, 0.1) is 18.2 Å². The van der Waals surface area contributed by atoms with Crippen molar-refractivity contribution in [3.63, 3.8) is 0 Å². The molecule has 7 heteroatoms. The smallest absolute Gasteiger partial charge is 0.229 e. The molecular weight excluding hydrogens is 424 g/mol. The molecule has 4 rings (SSSR count). The van der Waals surface area contributed by atoms with E-state index < -0.39 is 0 Å². The number of nitrogens with one attached hydrogen (secondary N) is 2. The monoisotopic (exact) mass is 458 g/mol. The zero-order valence-corrected chi connectivity index (χ0v) is 20.6. The Kier molecular flexibility index (Phi) is 7.49. The normalized spacial score (nSPS) is 15.9. The van der Waals surface area contributed by atoms with Gasteiger partial charge in [-0.1, -0.05) is 19.4 Å². The van der Waals surface area contributed by atoms with Gasteiger partial charge >= 0.3 is 0 Å². The van der Waals surface area contributed by atoms with Crippen LogP contribution in [0.2, 0.25) is 0 Å². The standard InChI is InChI=1S/C27H34N6O/c1-5-7-22-14-26(32-27(30-22)31-23-10-9-18(2)21(13-23)15-28)33-11-6-8-24(17-33)29-16-25-12-19(3)20(4)34-25/h9-10,12-14,24,29H,5-8,11,16-17H2,1-4H3,(H,30,31,32)/t24-/m1/s1. The van der Waals surface area contributed by atoms with Crippen molar-refractivity contribution in [1.29, 1.82) is 5.26 Å². The maximum atomic E-state index is 9.37. The highest BCUT2D eigenvalue weighted by Crippen LogP contribution is 2.24. The molecule has 7 nitrogen and oxygen atoms in total. The number of anilines is 3. The van der Waals surface area contributed by atoms with Crippen LogP contribution in [0.15, 0.2) is 34.7 Å². The minimum absolute atomic E-state index is 0.371. The third-order valence-electron chi connectivity index (χ3n) is 6.41. The first kappa shape index (κ1) is 23.8. The number of benzene rings is 1. The van der Waals surface area contributed by atoms with Crippen molar-refractivity contribution in [3.8, 4) is 6.07 Å². The van der Waals surface area contributed by atoms with Crippen molar-refractivity contribution in [1.82, 2.24) is 15.3 Å². The molecule has 1 aliphatic heterocycles. The molecule has 1 aliphatic rings. The Morgan fingerprint density at radius 3 is 2.74 bits per heavy atom. The summed E-state index contributed by atoms with van der Waals surface area (Å²) in [6.45, 7) is 10.8. The van der Waals surface area contributed by atoms with Gasteiger partial charge in [-0.2, -0.15) is 10.2 Å². The summed E-state index contributed by atoms with van der Waals surface area (Å²) in [4.78, 5) is 11.9. The lowest BCUT2D eigenvalue weighted by Gasteiger charge is -2.34. The van der Waals surface area contributed by atoms with Crippen LogP contribution in [-0.2, 0) is 13.0 Å². The summed E-state index contributed by atoms with van der Waals surface area (Å²) in [5, 5.41) is 16.4. The molecule has 3 heterocycles. The summed E-state index contributed by atoms with van der Waals surface area (Å²) >= 11 is 0. The predicted molar refractivity (Wildman–Crippen MR) is 135 cm³/mol. The number of nitrogens with zero attached hydrogens (tertiary/aromatic N) is 4. The van der Waals surface area contributed by atoms with E-state index in [1.807, 2.05) is 32.0 Å². The molecule has 2 N–H and O–H groups in total. The Balaban J connectivity index is 1.49. The van der Waals surface area contributed by atoms with E-state index in [-0.39, 0.29) is 0 Å². The van der Waals surface area contributed by atoms with Crippen LogP contribution in [0.4, 0.5) is 17.5 Å². The highest BCUT2D eigenvalue weighted by Gasteiger charge is 2.22. The topological polar surface area (TPSA) is 90.0 Å². The van der Waals surface area contributed by atoms with E-state index in [2.05, 4.69) is 47.6 Å². The van der Waals surface area contributed by atoms with Crippen LogP contribution < -0.4 is 15.5 Å². The number of nitriles is 1. The minimum Gasteiger partial charge on any atom is -0.465 e. The lowest BCUT2D eigenvalue weighted by Crippen LogP contribution is -2.45. The van der Waals surface area contributed by atoms with Crippen LogP contribution in [0.1, 0.15) is 60.1 Å². The molecule has 0 amide bonds. The van der Waals surface area contributed by atoms with Crippen molar-refractivity contribution in [2.45, 2.75) is 66.0 Å². The maximum absolute atomic E-state index is 9.37. The van der Waals surface area contributed by atoms with E-state index in [0.29, 0.717) is 17.6 Å². The molecular formula is C27H34N6O. The molecule has 0 saturated carbocycles. The number of piperidine rings is 1. The second-order valence-electron chi connectivity index (χ2n) is 9.18. The zero-order valence-electron chi connectivity index (χ0n) is 20.6. The van der Waals surface area contributed by atoms with Gasteiger partial charge in [-0.3, -0.25) is 0 Å². The molecule has 1 aromatic carbocycles. The molecule has 0 radical (unpaired) electrons. The largest absolute Gasteiger partial charge is 0.465 e. The van der Waals surface area contributed by atoms with Crippen LogP contribution in [-0.4, -0.2) is 29.1 Å². The number of rotatable bonds is 8. The minimum atomic E-state index is 0.371. The van der Waals surface area contributed by atoms with Crippen molar-refractivity contribution < 1.29 is 4.42 Å². The van der Waals surface area contributed by atoms with Crippen molar-refractivity contribution in [2.75, 3.05) is 23.3 Å². The van der Waals surface area contributed by atoms with Crippen molar-refractivity contribution in [3.05, 3.63) is 64.2 Å². The highest BCUT2D eigenvalue weighted by atomic mass is 16.3. The van der Waals surface area contributed by atoms with Gasteiger partial charge in [0, 0.05) is 36.6 Å². The van der Waals surface area contributed by atoms with Gasteiger partial charge in [0.1, 0.15) is 17.3 Å². The first-order chi connectivity index (χ1) is 16.4. The van der Waals surface area contributed by atoms with Crippen LogP contribution in [0.25, 0.3) is 0 Å². The fourth-order valence-corrected chi connectivity index (χ4v) is 4.37. The SMILES string of the molecule is CCCc1cc(N2CCC[C@@H](NCc3cc(C)c(C)o3)C2)nc(Nc2ccc(C)c(C#N)c2)n1. The van der Waals surface area contributed by atoms with E-state index in [9.17, 15) is 5.26 Å². The maximum Gasteiger partial charge on any atom is 0.229 e. The number of aryl methyl sites for hydroxylation is 4. The Bertz CT molecular complexity index is 1160. The fourth-order valence-electron chi connectivity index (χ4n) is 4.37. The number of aromatic nitrogens is 2. The third-order valence-corrected chi connectivity index (χ3v) is 6.41. The molecule has 34 heavy (non-hydrogen) atoms. The predicted octanol–water partition coefficient (Wildman–Crippen LogP) is 5.32. The first-order valence-corrected chi connectivity index (χ1v) is 12.1. The van der Waals surface area contributed by atoms with Gasteiger partial charge in [0.15, 0.2) is 0 Å². The van der Waals surface area contributed by atoms with Crippen molar-refractivity contribution >= 4 is 17.5 Å². The average Bonchev–Trinajstić information content (AvgIpc) is 3.16. The third kappa shape index (κ3) is 5.75. The van der Waals surface area contributed by atoms with E-state index in [1.54, 1.807) is 0 Å². The summed E-state index contributed by atoms with van der Waals surface area (Å²) in [7, 11) is 0. The average molecular weight is 459 g/mol. The molecule has 1 atom stereocenters. The summed E-state index contributed by atoms with van der Waals surface area (Å²) in [6.07, 6.45) is 4.15. The lowest BCUT2D eigenvalue weighted by atomic mass is 10.1. The van der Waals surface area contributed by atoms with E-state index in [4.69, 9.17) is 14.4 Å². The Hall–Kier alpha value is -3.37. The van der Waals surface area contributed by atoms with Gasteiger partial charge in [-0.15, -0.1) is 0 Å². The van der Waals surface area contributed by atoms with Crippen LogP contribution in [0.3, 0.4) is 0 Å². The molecule has 0 bridgehead atoms. The highest BCUT2D eigenvalue weighted by molar-refractivity contribution is 5.59. The van der Waals surface area contributed by atoms with E-state index in [1.165, 1.54) is 5.56 Å². The summed E-state index contributed by atoms with van der Waals surface area (Å²) in [6, 6.07) is 12.6. The molecule has 0 aliphatic carbocycles. The Morgan fingerprint density at radius 2 is 2.00 bits per heavy atom. The van der Waals surface area contributed by atoms with Crippen LogP contribution in [0, 0.1) is 32.1 Å². The second-order valence-corrected chi connectivity index (χ2v) is 9.18. The van der Waals surface area contributed by atoms with Gasteiger partial charge in [0.25, 0.3) is 0 Å². The molecule has 2 aromatic heterocycles. The van der Waals surface area contributed by atoms with E-state index >= 15 is 0 Å². The molecule has 1 saturated heterocycles. The van der Waals surface area contributed by atoms with Crippen LogP contribution in [0.5, 0.6) is 0 Å². The van der Waals surface area contributed by atoms with Gasteiger partial charge in [-0.25, -0.2) is 4.98 Å². The first-order valence-electron chi connectivity index (χ1n) is 12.1. The van der Waals surface area contributed by atoms with Gasteiger partial charge in [-0.05, 0) is 69.4 Å². The van der Waals surface area contributed by atoms with Crippen LogP contribution >= 0.6 is 0 Å². The number of hydrogen-bond donors (Lipinski definition) is 2. The van der Waals surface area contributed by atoms with E-state index in [0.717, 1.165) is 79.6 Å². The summed E-state index contributed by atoms with van der Waals surface area (Å²) in [5.41, 5.74) is 4.66. The molecule has 1 fully saturated rings. The number of furan rings is 1. The van der Waals surface area contributed by atoms with Crippen molar-refractivity contribution in [2.24, 2.45) is 0 Å². The molecule has 3 aromatic rings. The number of hydrogen-bond acceptors (Lipinski definition) is 7. The molecule has 0 unspecified atom stereocenters. The fraction of sp³-hybridized carbons (Fsp3) is 0.444. The Labute approximate surface area is 202 Å². The second kappa shape index (κ2) is 10.7. The summed E-state index contributed by atoms with van der Waals surface area (Å²) < 4.78 is 5.83. The molecule has 178 valence electrons. The molecule has 0 spiro atoms. The van der Waals surface area contributed by atoms with Gasteiger partial charge < -0.3 is 20.0 Å².